The first kappa shape index (κ1) is 14.0. The van der Waals surface area contributed by atoms with Crippen LogP contribution in [0.1, 0.15) is 18.4 Å². The number of amides is 3. The molecular formula is C13H13FN2O4. The lowest BCUT2D eigenvalue weighted by Gasteiger charge is -2.12. The predicted octanol–water partition coefficient (Wildman–Crippen LogP) is 1.11. The van der Waals surface area contributed by atoms with E-state index >= 15 is 0 Å². The lowest BCUT2D eigenvalue weighted by atomic mass is 10.1. The molecule has 6 nitrogen and oxygen atoms in total. The van der Waals surface area contributed by atoms with Crippen molar-refractivity contribution in [2.45, 2.75) is 25.4 Å². The van der Waals surface area contributed by atoms with E-state index in [1.54, 1.807) is 6.07 Å². The Morgan fingerprint density at radius 3 is 2.80 bits per heavy atom. The van der Waals surface area contributed by atoms with Crippen LogP contribution in [0.5, 0.6) is 0 Å². The van der Waals surface area contributed by atoms with E-state index in [0.717, 1.165) is 4.90 Å². The van der Waals surface area contributed by atoms with Gasteiger partial charge in [0.2, 0.25) is 0 Å². The normalized spacial score (nSPS) is 18.2. The molecule has 1 aliphatic heterocycles. The minimum Gasteiger partial charge on any atom is -0.481 e. The van der Waals surface area contributed by atoms with E-state index in [2.05, 4.69) is 5.32 Å². The van der Waals surface area contributed by atoms with Gasteiger partial charge in [0.1, 0.15) is 11.9 Å². The number of halogens is 1. The number of carboxylic acids is 1. The first-order valence-corrected chi connectivity index (χ1v) is 6.05. The van der Waals surface area contributed by atoms with Gasteiger partial charge >= 0.3 is 12.0 Å². The van der Waals surface area contributed by atoms with Gasteiger partial charge in [-0.05, 0) is 24.1 Å². The third kappa shape index (κ3) is 3.11. The first-order chi connectivity index (χ1) is 9.47. The highest BCUT2D eigenvalue weighted by molar-refractivity contribution is 6.04. The zero-order chi connectivity index (χ0) is 14.7. The lowest BCUT2D eigenvalue weighted by molar-refractivity contribution is -0.137. The zero-order valence-electron chi connectivity index (χ0n) is 10.5. The largest absolute Gasteiger partial charge is 0.481 e. The number of nitrogens with zero attached hydrogens (tertiary/aromatic N) is 1. The Hall–Kier alpha value is -2.44. The van der Waals surface area contributed by atoms with Crippen molar-refractivity contribution in [3.8, 4) is 0 Å². The van der Waals surface area contributed by atoms with Crippen LogP contribution in [-0.2, 0) is 16.1 Å². The molecule has 0 spiro atoms. The topological polar surface area (TPSA) is 86.7 Å². The van der Waals surface area contributed by atoms with Crippen molar-refractivity contribution >= 4 is 17.9 Å². The second kappa shape index (κ2) is 5.68. The molecule has 0 bridgehead atoms. The Kier molecular flexibility index (Phi) is 3.97. The number of hydrogen-bond acceptors (Lipinski definition) is 3. The quantitative estimate of drug-likeness (QED) is 0.791. The minimum absolute atomic E-state index is 0.0357. The molecule has 0 saturated carbocycles. The summed E-state index contributed by atoms with van der Waals surface area (Å²) in [4.78, 5) is 35.1. The maximum atomic E-state index is 13.1. The molecule has 7 heteroatoms. The molecule has 1 unspecified atom stereocenters. The highest BCUT2D eigenvalue weighted by Crippen LogP contribution is 2.15. The number of nitrogens with one attached hydrogen (secondary N) is 1. The van der Waals surface area contributed by atoms with Crippen LogP contribution in [0, 0.1) is 5.82 Å². The average molecular weight is 280 g/mol. The average Bonchev–Trinajstić information content (AvgIpc) is 2.64. The minimum atomic E-state index is -1.03. The second-order valence-electron chi connectivity index (χ2n) is 4.49. The third-order valence-corrected chi connectivity index (χ3v) is 2.98. The summed E-state index contributed by atoms with van der Waals surface area (Å²) in [5, 5.41) is 11.0. The summed E-state index contributed by atoms with van der Waals surface area (Å²) in [5.74, 6) is -1.96. The Balaban J connectivity index is 2.03. The molecule has 1 fully saturated rings. The summed E-state index contributed by atoms with van der Waals surface area (Å²) in [6, 6.07) is 4.19. The van der Waals surface area contributed by atoms with Crippen LogP contribution in [-0.4, -0.2) is 34.0 Å². The fourth-order valence-corrected chi connectivity index (χ4v) is 2.01. The van der Waals surface area contributed by atoms with Gasteiger partial charge in [-0.25, -0.2) is 9.18 Å². The molecule has 1 atom stereocenters. The van der Waals surface area contributed by atoms with Crippen LogP contribution < -0.4 is 5.32 Å². The van der Waals surface area contributed by atoms with Gasteiger partial charge in [-0.1, -0.05) is 12.1 Å². The number of aliphatic carboxylic acids is 1. The van der Waals surface area contributed by atoms with Crippen LogP contribution in [0.4, 0.5) is 9.18 Å². The molecule has 0 aliphatic carbocycles. The van der Waals surface area contributed by atoms with E-state index in [0.29, 0.717) is 5.56 Å². The van der Waals surface area contributed by atoms with Gasteiger partial charge in [0, 0.05) is 6.42 Å². The maximum absolute atomic E-state index is 13.1. The summed E-state index contributed by atoms with van der Waals surface area (Å²) in [6.07, 6.45) is -0.163. The molecule has 106 valence electrons. The van der Waals surface area contributed by atoms with Crippen molar-refractivity contribution < 1.29 is 23.9 Å². The molecule has 3 amide bonds. The van der Waals surface area contributed by atoms with E-state index in [4.69, 9.17) is 5.11 Å². The second-order valence-corrected chi connectivity index (χ2v) is 4.49. The van der Waals surface area contributed by atoms with Gasteiger partial charge in [0.25, 0.3) is 5.91 Å². The number of imide groups is 1. The third-order valence-electron chi connectivity index (χ3n) is 2.98. The molecule has 1 heterocycles. The fraction of sp³-hybridized carbons (Fsp3) is 0.308. The molecule has 1 saturated heterocycles. The van der Waals surface area contributed by atoms with Crippen molar-refractivity contribution in [3.63, 3.8) is 0 Å². The monoisotopic (exact) mass is 280 g/mol. The van der Waals surface area contributed by atoms with Crippen LogP contribution in [0.25, 0.3) is 0 Å². The number of urea groups is 1. The highest BCUT2D eigenvalue weighted by atomic mass is 19.1. The summed E-state index contributed by atoms with van der Waals surface area (Å²) in [7, 11) is 0. The standard InChI is InChI=1S/C13H13FN2O4/c14-9-3-1-2-8(6-9)7-16-12(19)10(15-13(16)20)4-5-11(17)18/h1-3,6,10H,4-5,7H2,(H,15,20)(H,17,18). The van der Waals surface area contributed by atoms with Crippen molar-refractivity contribution in [1.29, 1.82) is 0 Å². The van der Waals surface area contributed by atoms with Crippen molar-refractivity contribution in [2.24, 2.45) is 0 Å². The Labute approximate surface area is 114 Å². The Morgan fingerprint density at radius 2 is 2.15 bits per heavy atom. The summed E-state index contributed by atoms with van der Waals surface area (Å²) < 4.78 is 13.1. The van der Waals surface area contributed by atoms with E-state index in [-0.39, 0.29) is 19.4 Å². The molecule has 1 aliphatic rings. The lowest BCUT2D eigenvalue weighted by Crippen LogP contribution is -2.31. The Bertz CT molecular complexity index is 561. The first-order valence-electron chi connectivity index (χ1n) is 6.05. The van der Waals surface area contributed by atoms with E-state index in [9.17, 15) is 18.8 Å². The number of benzene rings is 1. The van der Waals surface area contributed by atoms with Gasteiger partial charge in [0.15, 0.2) is 0 Å². The SMILES string of the molecule is O=C(O)CCC1NC(=O)N(Cc2cccc(F)c2)C1=O. The molecule has 0 aromatic heterocycles. The molecular weight excluding hydrogens is 267 g/mol. The summed E-state index contributed by atoms with van der Waals surface area (Å²) in [6.45, 7) is -0.0357. The number of carbonyl (C=O) groups excluding carboxylic acids is 2. The molecule has 1 aromatic carbocycles. The predicted molar refractivity (Wildman–Crippen MR) is 66.1 cm³/mol. The molecule has 0 radical (unpaired) electrons. The van der Waals surface area contributed by atoms with Crippen LogP contribution in [0.15, 0.2) is 24.3 Å². The van der Waals surface area contributed by atoms with Crippen molar-refractivity contribution in [2.75, 3.05) is 0 Å². The number of hydrogen-bond donors (Lipinski definition) is 2. The van der Waals surface area contributed by atoms with Gasteiger partial charge in [-0.3, -0.25) is 14.5 Å². The number of carbonyl (C=O) groups is 3. The molecule has 1 aromatic rings. The highest BCUT2D eigenvalue weighted by Gasteiger charge is 2.37. The smallest absolute Gasteiger partial charge is 0.325 e. The van der Waals surface area contributed by atoms with Crippen LogP contribution in [0.2, 0.25) is 0 Å². The van der Waals surface area contributed by atoms with Gasteiger partial charge in [-0.15, -0.1) is 0 Å². The van der Waals surface area contributed by atoms with Crippen molar-refractivity contribution in [1.82, 2.24) is 10.2 Å². The number of carboxylic acid groups (broad SMARTS) is 1. The number of rotatable bonds is 5. The summed E-state index contributed by atoms with van der Waals surface area (Å²) in [5.41, 5.74) is 0.493. The summed E-state index contributed by atoms with van der Waals surface area (Å²) >= 11 is 0. The van der Waals surface area contributed by atoms with E-state index in [1.807, 2.05) is 0 Å². The van der Waals surface area contributed by atoms with Crippen LogP contribution in [0.3, 0.4) is 0 Å². The van der Waals surface area contributed by atoms with Crippen molar-refractivity contribution in [3.05, 3.63) is 35.6 Å². The van der Waals surface area contributed by atoms with E-state index in [1.165, 1.54) is 18.2 Å². The van der Waals surface area contributed by atoms with Crippen LogP contribution >= 0.6 is 0 Å². The fourth-order valence-electron chi connectivity index (χ4n) is 2.01. The zero-order valence-corrected chi connectivity index (χ0v) is 10.5. The maximum Gasteiger partial charge on any atom is 0.325 e. The molecule has 2 N–H and O–H groups in total. The van der Waals surface area contributed by atoms with E-state index < -0.39 is 29.8 Å². The van der Waals surface area contributed by atoms with Gasteiger partial charge < -0.3 is 10.4 Å². The Morgan fingerprint density at radius 1 is 1.40 bits per heavy atom. The molecule has 20 heavy (non-hydrogen) atoms. The van der Waals surface area contributed by atoms with Gasteiger partial charge in [-0.2, -0.15) is 0 Å². The molecule has 2 rings (SSSR count). The van der Waals surface area contributed by atoms with Gasteiger partial charge in [0.05, 0.1) is 6.54 Å².